The van der Waals surface area contributed by atoms with Crippen LogP contribution in [0.2, 0.25) is 0 Å². The van der Waals surface area contributed by atoms with Gasteiger partial charge in [0.1, 0.15) is 0 Å². The minimum Gasteiger partial charge on any atom is -0.493 e. The van der Waals surface area contributed by atoms with Crippen molar-refractivity contribution in [2.75, 3.05) is 0 Å². The zero-order valence-electron chi connectivity index (χ0n) is 37.3. The standard InChI is InChI=1S/C21H22N2.2C16H33.Pd/c1-3-4-7-17-9-11-18(12-10-17)20-13-14-21(23(20)22)19-8-5-6-16(2)15-19;2*1-3-5-7-9-11-13-15-16-14-12-10-8-6-4-2;/h5-6,8-15H,3-4,7H2,1-2H3;2*1,3-16H2,2H3;/q;2*-1;+2. The van der Waals surface area contributed by atoms with E-state index in [1.54, 1.807) is 0 Å². The number of rotatable bonds is 31. The molecular formula is C53H88N2Pd. The van der Waals surface area contributed by atoms with E-state index in [0.29, 0.717) is 0 Å². The molecule has 0 amide bonds. The molecule has 0 fully saturated rings. The molecule has 320 valence electrons. The van der Waals surface area contributed by atoms with Crippen LogP contribution < -0.4 is 0 Å². The minimum atomic E-state index is 0. The molecular weight excluding hydrogens is 771 g/mol. The molecule has 1 aliphatic heterocycles. The van der Waals surface area contributed by atoms with Crippen molar-refractivity contribution in [2.45, 2.75) is 227 Å². The summed E-state index contributed by atoms with van der Waals surface area (Å²) in [5.41, 5.74) is 16.8. The molecule has 2 nitrogen and oxygen atoms in total. The Morgan fingerprint density at radius 1 is 0.446 bits per heavy atom. The second-order valence-corrected chi connectivity index (χ2v) is 16.3. The van der Waals surface area contributed by atoms with Crippen molar-refractivity contribution in [3.63, 3.8) is 0 Å². The summed E-state index contributed by atoms with van der Waals surface area (Å²) in [7, 11) is 0. The number of hydrogen-bond acceptors (Lipinski definition) is 0. The normalized spacial score (nSPS) is 11.9. The summed E-state index contributed by atoms with van der Waals surface area (Å²) in [5.74, 6) is 0. The van der Waals surface area contributed by atoms with Crippen molar-refractivity contribution in [3.8, 4) is 0 Å². The van der Waals surface area contributed by atoms with E-state index in [1.807, 2.05) is 24.3 Å². The fraction of sp³-hybridized carbons (Fsp3) is 0.660. The maximum Gasteiger partial charge on any atom is 2.00 e. The number of benzene rings is 2. The van der Waals surface area contributed by atoms with E-state index in [0.717, 1.165) is 41.8 Å². The van der Waals surface area contributed by atoms with Gasteiger partial charge in [0.2, 0.25) is 11.4 Å². The zero-order chi connectivity index (χ0) is 40.0. The number of aryl methyl sites for hydroxylation is 2. The van der Waals surface area contributed by atoms with Gasteiger partial charge in [-0.15, -0.1) is 0 Å². The topological polar surface area (TPSA) is 25.3 Å². The van der Waals surface area contributed by atoms with E-state index in [1.165, 1.54) is 196 Å². The van der Waals surface area contributed by atoms with Crippen LogP contribution in [-0.4, -0.2) is 4.70 Å². The van der Waals surface area contributed by atoms with Crippen LogP contribution in [0.4, 0.5) is 0 Å². The third-order valence-corrected chi connectivity index (χ3v) is 10.9. The third-order valence-electron chi connectivity index (χ3n) is 10.9. The molecule has 0 atom stereocenters. The van der Waals surface area contributed by atoms with Gasteiger partial charge in [0, 0.05) is 23.3 Å². The average molecular weight is 860 g/mol. The summed E-state index contributed by atoms with van der Waals surface area (Å²) in [6.07, 6.45) is 47.2. The summed E-state index contributed by atoms with van der Waals surface area (Å²) in [6, 6.07) is 16.7. The molecule has 1 heterocycles. The van der Waals surface area contributed by atoms with Crippen LogP contribution in [-0.2, 0) is 26.8 Å². The molecule has 0 saturated carbocycles. The van der Waals surface area contributed by atoms with Crippen molar-refractivity contribution < 1.29 is 25.1 Å². The van der Waals surface area contributed by atoms with Gasteiger partial charge >= 0.3 is 20.4 Å². The molecule has 2 aromatic rings. The summed E-state index contributed by atoms with van der Waals surface area (Å²) >= 11 is 0. The molecule has 0 spiro atoms. The van der Waals surface area contributed by atoms with Crippen LogP contribution in [0.25, 0.3) is 16.9 Å². The van der Waals surface area contributed by atoms with Crippen molar-refractivity contribution in [2.24, 2.45) is 0 Å². The largest absolute Gasteiger partial charge is 2.00 e. The number of unbranched alkanes of at least 4 members (excludes halogenated alkanes) is 27. The second-order valence-electron chi connectivity index (χ2n) is 16.3. The molecule has 0 unspecified atom stereocenters. The van der Waals surface area contributed by atoms with E-state index in [-0.39, 0.29) is 20.4 Å². The molecule has 2 aromatic carbocycles. The molecule has 1 aliphatic rings. The first-order valence-corrected chi connectivity index (χ1v) is 23.7. The quantitative estimate of drug-likeness (QED) is 0.0312. The second kappa shape index (κ2) is 40.0. The Balaban J connectivity index is 0.000000829. The Morgan fingerprint density at radius 2 is 0.804 bits per heavy atom. The maximum atomic E-state index is 10.6. The van der Waals surface area contributed by atoms with Gasteiger partial charge in [-0.05, 0) is 49.6 Å². The molecule has 0 N–H and O–H groups in total. The van der Waals surface area contributed by atoms with Gasteiger partial charge in [-0.3, -0.25) is 0 Å². The van der Waals surface area contributed by atoms with Crippen molar-refractivity contribution in [3.05, 3.63) is 102 Å². The van der Waals surface area contributed by atoms with Crippen LogP contribution in [0, 0.1) is 20.8 Å². The predicted octanol–water partition coefficient (Wildman–Crippen LogP) is 18.4. The van der Waals surface area contributed by atoms with Crippen molar-refractivity contribution >= 4 is 11.4 Å². The number of hydrogen-bond donors (Lipinski definition) is 0. The fourth-order valence-corrected chi connectivity index (χ4v) is 7.28. The average Bonchev–Trinajstić information content (AvgIpc) is 3.59. The Bertz CT molecular complexity index is 1170. The summed E-state index contributed by atoms with van der Waals surface area (Å²) in [4.78, 5) is 0. The number of nitrogens with zero attached hydrogens (tertiary/aromatic N) is 2. The van der Waals surface area contributed by atoms with Gasteiger partial charge in [0.25, 0.3) is 0 Å². The van der Waals surface area contributed by atoms with Gasteiger partial charge < -0.3 is 19.4 Å². The molecule has 0 saturated heterocycles. The Labute approximate surface area is 363 Å². The maximum absolute atomic E-state index is 10.6. The molecule has 3 rings (SSSR count). The molecule has 0 aromatic heterocycles. The van der Waals surface area contributed by atoms with Crippen LogP contribution in [0.15, 0.2) is 60.7 Å². The van der Waals surface area contributed by atoms with E-state index < -0.39 is 0 Å². The monoisotopic (exact) mass is 859 g/mol. The van der Waals surface area contributed by atoms with Gasteiger partial charge in [0.15, 0.2) is 0 Å². The van der Waals surface area contributed by atoms with Gasteiger partial charge in [-0.25, -0.2) is 4.70 Å². The van der Waals surface area contributed by atoms with Crippen LogP contribution in [0.3, 0.4) is 0 Å². The zero-order valence-corrected chi connectivity index (χ0v) is 38.9. The van der Waals surface area contributed by atoms with Gasteiger partial charge in [-0.2, -0.15) is 12.8 Å². The first-order chi connectivity index (χ1) is 27.0. The first-order valence-electron chi connectivity index (χ1n) is 23.7. The third kappa shape index (κ3) is 28.6. The van der Waals surface area contributed by atoms with E-state index >= 15 is 0 Å². The Kier molecular flexibility index (Phi) is 38.7. The molecule has 0 radical (unpaired) electrons. The van der Waals surface area contributed by atoms with Crippen molar-refractivity contribution in [1.82, 2.24) is 0 Å². The summed E-state index contributed by atoms with van der Waals surface area (Å²) in [6.45, 7) is 16.6. The van der Waals surface area contributed by atoms with Crippen LogP contribution in [0.1, 0.15) is 236 Å². The SMILES string of the molecule is CCCCc1ccc(C2=CC=C(c3cccc(C)c3)[N+]2=[N-])cc1.[CH2-]CCCCCCCCCCCCCCC.[CH2-]CCCCCCCCCCCCCCC.[Pd+2]. The van der Waals surface area contributed by atoms with E-state index in [2.05, 4.69) is 77.9 Å². The fourth-order valence-electron chi connectivity index (χ4n) is 7.28. The Hall–Kier alpha value is -1.82. The summed E-state index contributed by atoms with van der Waals surface area (Å²) in [5, 5.41) is 0. The molecule has 0 bridgehead atoms. The molecule has 0 aliphatic carbocycles. The smallest absolute Gasteiger partial charge is 0.493 e. The summed E-state index contributed by atoms with van der Waals surface area (Å²) < 4.78 is 1.29. The van der Waals surface area contributed by atoms with E-state index in [4.69, 9.17) is 0 Å². The molecule has 56 heavy (non-hydrogen) atoms. The number of allylic oxidation sites excluding steroid dienone is 2. The van der Waals surface area contributed by atoms with Crippen molar-refractivity contribution in [1.29, 1.82) is 0 Å². The van der Waals surface area contributed by atoms with Gasteiger partial charge in [-0.1, -0.05) is 224 Å². The molecule has 3 heteroatoms. The van der Waals surface area contributed by atoms with Gasteiger partial charge in [0.05, 0.1) is 0 Å². The van der Waals surface area contributed by atoms with E-state index in [9.17, 15) is 5.53 Å². The van der Waals surface area contributed by atoms with Crippen LogP contribution >= 0.6 is 0 Å². The predicted molar refractivity (Wildman–Crippen MR) is 247 cm³/mol. The Morgan fingerprint density at radius 3 is 1.16 bits per heavy atom. The minimum absolute atomic E-state index is 0. The first kappa shape index (κ1) is 54.2. The van der Waals surface area contributed by atoms with Crippen LogP contribution in [0.5, 0.6) is 0 Å².